The lowest BCUT2D eigenvalue weighted by Gasteiger charge is -2.34. The lowest BCUT2D eigenvalue weighted by Crippen LogP contribution is -2.61. The largest absolute Gasteiger partial charge is 0.508 e. The van der Waals surface area contributed by atoms with Gasteiger partial charge in [0, 0.05) is 32.5 Å². The van der Waals surface area contributed by atoms with Crippen molar-refractivity contribution in [2.75, 3.05) is 26.2 Å². The van der Waals surface area contributed by atoms with Crippen molar-refractivity contribution in [1.29, 1.82) is 0 Å². The minimum Gasteiger partial charge on any atom is -0.508 e. The number of carbonyl (C=O) groups excluding carboxylic acids is 8. The average molecular weight is 901 g/mol. The zero-order valence-electron chi connectivity index (χ0n) is 37.4. The molecule has 19 nitrogen and oxygen atoms in total. The van der Waals surface area contributed by atoms with Crippen LogP contribution in [0.1, 0.15) is 83.3 Å². The summed E-state index contributed by atoms with van der Waals surface area (Å²) in [5.41, 5.74) is 3.34. The van der Waals surface area contributed by atoms with Gasteiger partial charge in [-0.3, -0.25) is 43.8 Å². The number of phenols is 1. The molecule has 8 atom stereocenters. The third kappa shape index (κ3) is 12.0. The molecule has 0 radical (unpaired) electrons. The summed E-state index contributed by atoms with van der Waals surface area (Å²) in [6.45, 7) is 6.69. The zero-order chi connectivity index (χ0) is 46.8. The van der Waals surface area contributed by atoms with E-state index in [1.807, 2.05) is 11.5 Å². The number of benzene rings is 2. The first-order valence-electron chi connectivity index (χ1n) is 22.8. The molecule has 19 heteroatoms. The quantitative estimate of drug-likeness (QED) is 0.0571. The van der Waals surface area contributed by atoms with E-state index in [1.165, 1.54) is 28.9 Å². The predicted molar refractivity (Wildman–Crippen MR) is 238 cm³/mol. The normalized spacial score (nSPS) is 22.4. The molecule has 4 fully saturated rings. The molecule has 6 rings (SSSR count). The Morgan fingerprint density at radius 1 is 0.631 bits per heavy atom. The maximum absolute atomic E-state index is 14.5. The van der Waals surface area contributed by atoms with Crippen molar-refractivity contribution in [3.63, 3.8) is 0 Å². The van der Waals surface area contributed by atoms with Crippen molar-refractivity contribution >= 4 is 47.3 Å². The van der Waals surface area contributed by atoms with Crippen molar-refractivity contribution in [1.82, 2.24) is 46.7 Å². The van der Waals surface area contributed by atoms with Crippen LogP contribution < -0.4 is 37.9 Å². The molecule has 352 valence electrons. The number of likely N-dealkylation sites (tertiary alicyclic amines) is 3. The highest BCUT2D eigenvalue weighted by Crippen LogP contribution is 2.27. The van der Waals surface area contributed by atoms with Gasteiger partial charge in [-0.25, -0.2) is 5.84 Å². The fraction of sp³-hybridized carbons (Fsp3) is 0.565. The molecule has 4 heterocycles. The number of amides is 8. The molecule has 4 aliphatic heterocycles. The third-order valence-corrected chi connectivity index (χ3v) is 12.9. The van der Waals surface area contributed by atoms with E-state index < -0.39 is 89.6 Å². The topological polar surface area (TPSA) is 265 Å². The van der Waals surface area contributed by atoms with E-state index >= 15 is 0 Å². The minimum atomic E-state index is -1.22. The molecule has 4 aliphatic rings. The van der Waals surface area contributed by atoms with E-state index in [-0.39, 0.29) is 37.1 Å². The first-order chi connectivity index (χ1) is 31.2. The van der Waals surface area contributed by atoms with Gasteiger partial charge < -0.3 is 46.4 Å². The van der Waals surface area contributed by atoms with Gasteiger partial charge in [0.05, 0.1) is 6.04 Å². The van der Waals surface area contributed by atoms with Gasteiger partial charge in [0.15, 0.2) is 0 Å². The summed E-state index contributed by atoms with van der Waals surface area (Å²) in [6, 6.07) is 7.89. The molecule has 8 amide bonds. The Labute approximate surface area is 379 Å². The molecule has 0 bridgehead atoms. The second kappa shape index (κ2) is 22.2. The van der Waals surface area contributed by atoms with Gasteiger partial charge in [-0.1, -0.05) is 56.3 Å². The lowest BCUT2D eigenvalue weighted by molar-refractivity contribution is -0.148. The number of hydrogen-bond donors (Lipinski definition) is 8. The average Bonchev–Trinajstić information content (AvgIpc) is 4.15. The molecule has 0 saturated carbocycles. The highest BCUT2D eigenvalue weighted by atomic mass is 16.3. The molecule has 9 N–H and O–H groups in total. The summed E-state index contributed by atoms with van der Waals surface area (Å²) in [4.78, 5) is 115. The SMILES string of the molecule is CC(C)[C@H](NC(=O)[C@H](Cc1ccccc1)NC(=O)[C@H](Cc1ccc(O)cc1)NC(=O)[C@@H]1CCCN1C(=O)[C@@H]1CCCN1)C(=O)N1CCC[C@H]1C(=O)N1CCC[C@H]1C(=O)N[C@@H](C)C(=O)NN. The monoisotopic (exact) mass is 900 g/mol. The van der Waals surface area contributed by atoms with E-state index in [4.69, 9.17) is 5.84 Å². The Morgan fingerprint density at radius 2 is 1.17 bits per heavy atom. The molecule has 2 aromatic rings. The van der Waals surface area contributed by atoms with E-state index in [0.29, 0.717) is 69.2 Å². The van der Waals surface area contributed by atoms with Gasteiger partial charge in [-0.05, 0) is 94.0 Å². The Morgan fingerprint density at radius 3 is 1.75 bits per heavy atom. The molecule has 2 aromatic carbocycles. The maximum Gasteiger partial charge on any atom is 0.256 e. The Bertz CT molecular complexity index is 2050. The molecular formula is C46H64N10O9. The molecule has 4 saturated heterocycles. The van der Waals surface area contributed by atoms with Gasteiger partial charge in [0.25, 0.3) is 5.91 Å². The van der Waals surface area contributed by atoms with Crippen molar-refractivity contribution in [2.24, 2.45) is 11.8 Å². The molecule has 0 spiro atoms. The van der Waals surface area contributed by atoms with Crippen LogP contribution in [0.4, 0.5) is 0 Å². The van der Waals surface area contributed by atoms with Crippen LogP contribution >= 0.6 is 0 Å². The summed E-state index contributed by atoms with van der Waals surface area (Å²) >= 11 is 0. The van der Waals surface area contributed by atoms with Crippen molar-refractivity contribution in [3.8, 4) is 5.75 Å². The fourth-order valence-electron chi connectivity index (χ4n) is 9.30. The van der Waals surface area contributed by atoms with Gasteiger partial charge in [0.2, 0.25) is 41.4 Å². The number of phenolic OH excluding ortho intramolecular Hbond substituents is 1. The number of rotatable bonds is 17. The zero-order valence-corrected chi connectivity index (χ0v) is 37.4. The first-order valence-corrected chi connectivity index (χ1v) is 22.8. The van der Waals surface area contributed by atoms with Gasteiger partial charge >= 0.3 is 0 Å². The number of nitrogens with two attached hydrogens (primary N) is 1. The van der Waals surface area contributed by atoms with Crippen LogP contribution in [-0.2, 0) is 51.2 Å². The predicted octanol–water partition coefficient (Wildman–Crippen LogP) is -0.493. The Hall–Kier alpha value is -6.08. The van der Waals surface area contributed by atoms with Crippen molar-refractivity contribution in [3.05, 3.63) is 65.7 Å². The standard InChI is InChI=1S/C46H64N10O9/c1-27(2)38(46(65)56-24-10-16-37(56)45(64)55-23-9-14-35(55)42(61)49-28(3)39(58)53-47)52-41(60)34(25-29-11-5-4-6-12-29)50-40(59)33(26-30-17-19-31(57)20-18-30)51-43(62)36-15-8-22-54(36)44(63)32-13-7-21-48-32/h4-6,11-12,17-20,27-28,32-38,48,57H,7-10,13-16,21-26,47H2,1-3H3,(H,49,61)(H,50,59)(H,51,62)(H,52,60)(H,53,58)/t28-,32-,33-,34-,35-,36-,37-,38-/m0/s1. The molecule has 0 aliphatic carbocycles. The van der Waals surface area contributed by atoms with Gasteiger partial charge in [-0.15, -0.1) is 0 Å². The van der Waals surface area contributed by atoms with E-state index in [0.717, 1.165) is 13.0 Å². The van der Waals surface area contributed by atoms with Gasteiger partial charge in [-0.2, -0.15) is 0 Å². The molecule has 65 heavy (non-hydrogen) atoms. The number of aromatic hydroxyl groups is 1. The second-order valence-corrected chi connectivity index (χ2v) is 17.9. The van der Waals surface area contributed by atoms with Crippen LogP contribution in [-0.4, -0.2) is 142 Å². The van der Waals surface area contributed by atoms with Crippen LogP contribution in [0.3, 0.4) is 0 Å². The summed E-state index contributed by atoms with van der Waals surface area (Å²) in [5, 5.41) is 24.4. The number of nitrogens with one attached hydrogen (secondary N) is 6. The molecular weight excluding hydrogens is 837 g/mol. The maximum atomic E-state index is 14.5. The van der Waals surface area contributed by atoms with Gasteiger partial charge in [0.1, 0.15) is 48.0 Å². The fourth-order valence-corrected chi connectivity index (χ4v) is 9.30. The van der Waals surface area contributed by atoms with Crippen molar-refractivity contribution in [2.45, 2.75) is 133 Å². The van der Waals surface area contributed by atoms with Crippen LogP contribution in [0, 0.1) is 5.92 Å². The molecule has 0 aromatic heterocycles. The lowest BCUT2D eigenvalue weighted by atomic mass is 9.99. The number of carbonyl (C=O) groups is 8. The number of hydrogen-bond acceptors (Lipinski definition) is 11. The Balaban J connectivity index is 1.19. The summed E-state index contributed by atoms with van der Waals surface area (Å²) in [6.07, 6.45) is 4.42. The first kappa shape index (κ1) is 48.4. The van der Waals surface area contributed by atoms with Crippen LogP contribution in [0.5, 0.6) is 5.75 Å². The Kier molecular flexibility index (Phi) is 16.5. The number of nitrogens with zero attached hydrogens (tertiary/aromatic N) is 3. The summed E-state index contributed by atoms with van der Waals surface area (Å²) in [7, 11) is 0. The highest BCUT2D eigenvalue weighted by molar-refractivity contribution is 5.98. The van der Waals surface area contributed by atoms with Crippen LogP contribution in [0.2, 0.25) is 0 Å². The number of hydrazine groups is 1. The van der Waals surface area contributed by atoms with E-state index in [2.05, 4.69) is 26.6 Å². The minimum absolute atomic E-state index is 0.00144. The smallest absolute Gasteiger partial charge is 0.256 e. The second-order valence-electron chi connectivity index (χ2n) is 17.9. The summed E-state index contributed by atoms with van der Waals surface area (Å²) in [5.74, 6) is 0.858. The van der Waals surface area contributed by atoms with E-state index in [1.54, 1.807) is 55.1 Å². The van der Waals surface area contributed by atoms with E-state index in [9.17, 15) is 43.5 Å². The van der Waals surface area contributed by atoms with Crippen LogP contribution in [0.25, 0.3) is 0 Å². The summed E-state index contributed by atoms with van der Waals surface area (Å²) < 4.78 is 0. The van der Waals surface area contributed by atoms with Crippen LogP contribution in [0.15, 0.2) is 54.6 Å². The highest BCUT2D eigenvalue weighted by Gasteiger charge is 2.45. The molecule has 0 unspecified atom stereocenters. The van der Waals surface area contributed by atoms with Crippen molar-refractivity contribution < 1.29 is 43.5 Å². The third-order valence-electron chi connectivity index (χ3n) is 12.9.